The molecule has 1 amide bonds. The van der Waals surface area contributed by atoms with Crippen molar-refractivity contribution in [1.82, 2.24) is 15.1 Å². The van der Waals surface area contributed by atoms with Gasteiger partial charge in [0.2, 0.25) is 5.91 Å². The molecule has 1 atom stereocenters. The topological polar surface area (TPSA) is 95.5 Å². The third-order valence-electron chi connectivity index (χ3n) is 2.88. The number of carbonyl (C=O) groups excluding carboxylic acids is 1. The number of carbonyl (C=O) groups is 2. The standard InChI is InChI=1S/C11H15N3O4/c15-10(1-2-11(16)17)14-5-6-18-7-9(14)8-3-4-12-13-8/h3-4,9H,1-2,5-7H2,(H,12,13)(H,16,17)/t9-/m1/s1. The molecule has 0 aliphatic carbocycles. The Hall–Kier alpha value is -1.89. The summed E-state index contributed by atoms with van der Waals surface area (Å²) < 4.78 is 5.35. The number of ether oxygens (including phenoxy) is 1. The van der Waals surface area contributed by atoms with Gasteiger partial charge in [-0.2, -0.15) is 5.10 Å². The molecule has 7 nitrogen and oxygen atoms in total. The van der Waals surface area contributed by atoms with Crippen LogP contribution in [0, 0.1) is 0 Å². The van der Waals surface area contributed by atoms with Crippen LogP contribution in [0.5, 0.6) is 0 Å². The van der Waals surface area contributed by atoms with Crippen LogP contribution in [0.15, 0.2) is 12.3 Å². The monoisotopic (exact) mass is 253 g/mol. The predicted molar refractivity (Wildman–Crippen MR) is 60.7 cm³/mol. The summed E-state index contributed by atoms with van der Waals surface area (Å²) in [7, 11) is 0. The van der Waals surface area contributed by atoms with Gasteiger partial charge in [0, 0.05) is 19.2 Å². The number of nitrogens with one attached hydrogen (secondary N) is 1. The molecule has 0 unspecified atom stereocenters. The van der Waals surface area contributed by atoms with Crippen molar-refractivity contribution in [1.29, 1.82) is 0 Å². The largest absolute Gasteiger partial charge is 0.481 e. The van der Waals surface area contributed by atoms with E-state index < -0.39 is 5.97 Å². The minimum absolute atomic E-state index is 0.0139. The van der Waals surface area contributed by atoms with Crippen molar-refractivity contribution in [2.45, 2.75) is 18.9 Å². The van der Waals surface area contributed by atoms with E-state index in [9.17, 15) is 9.59 Å². The van der Waals surface area contributed by atoms with Crippen LogP contribution in [0.4, 0.5) is 0 Å². The molecule has 1 saturated heterocycles. The van der Waals surface area contributed by atoms with E-state index in [1.54, 1.807) is 17.2 Å². The van der Waals surface area contributed by atoms with Crippen molar-refractivity contribution >= 4 is 11.9 Å². The van der Waals surface area contributed by atoms with Crippen molar-refractivity contribution < 1.29 is 19.4 Å². The lowest BCUT2D eigenvalue weighted by atomic mass is 10.1. The van der Waals surface area contributed by atoms with Gasteiger partial charge in [-0.05, 0) is 6.07 Å². The van der Waals surface area contributed by atoms with E-state index >= 15 is 0 Å². The average molecular weight is 253 g/mol. The Morgan fingerprint density at radius 3 is 3.06 bits per heavy atom. The van der Waals surface area contributed by atoms with Crippen LogP contribution in [0.3, 0.4) is 0 Å². The second-order valence-corrected chi connectivity index (χ2v) is 4.08. The SMILES string of the molecule is O=C(O)CCC(=O)N1CCOC[C@@H]1c1ccn[nH]1. The number of nitrogens with zero attached hydrogens (tertiary/aromatic N) is 2. The Balaban J connectivity index is 2.03. The van der Waals surface area contributed by atoms with Gasteiger partial charge in [0.25, 0.3) is 0 Å². The quantitative estimate of drug-likeness (QED) is 0.797. The molecule has 1 aromatic rings. The Bertz CT molecular complexity index is 418. The maximum Gasteiger partial charge on any atom is 0.303 e. The lowest BCUT2D eigenvalue weighted by Crippen LogP contribution is -2.43. The molecule has 0 spiro atoms. The number of hydrogen-bond donors (Lipinski definition) is 2. The molecule has 2 rings (SSSR count). The second kappa shape index (κ2) is 5.63. The molecule has 18 heavy (non-hydrogen) atoms. The molecule has 1 fully saturated rings. The summed E-state index contributed by atoms with van der Waals surface area (Å²) in [6.07, 6.45) is 1.48. The Morgan fingerprint density at radius 1 is 1.56 bits per heavy atom. The van der Waals surface area contributed by atoms with Crippen LogP contribution < -0.4 is 0 Å². The third-order valence-corrected chi connectivity index (χ3v) is 2.88. The van der Waals surface area contributed by atoms with Crippen molar-refractivity contribution in [3.05, 3.63) is 18.0 Å². The summed E-state index contributed by atoms with van der Waals surface area (Å²) in [5.41, 5.74) is 0.804. The van der Waals surface area contributed by atoms with E-state index in [0.29, 0.717) is 19.8 Å². The molecule has 0 bridgehead atoms. The number of rotatable bonds is 4. The highest BCUT2D eigenvalue weighted by atomic mass is 16.5. The van der Waals surface area contributed by atoms with E-state index in [1.807, 2.05) is 0 Å². The van der Waals surface area contributed by atoms with Gasteiger partial charge in [0.15, 0.2) is 0 Å². The van der Waals surface area contributed by atoms with E-state index in [4.69, 9.17) is 9.84 Å². The fourth-order valence-corrected chi connectivity index (χ4v) is 1.97. The van der Waals surface area contributed by atoms with E-state index in [1.165, 1.54) is 0 Å². The van der Waals surface area contributed by atoms with Crippen LogP contribution >= 0.6 is 0 Å². The van der Waals surface area contributed by atoms with Gasteiger partial charge in [0.05, 0.1) is 31.4 Å². The molecular weight excluding hydrogens is 238 g/mol. The molecule has 2 heterocycles. The van der Waals surface area contributed by atoms with Crippen LogP contribution in [0.25, 0.3) is 0 Å². The number of carboxylic acid groups (broad SMARTS) is 1. The number of H-pyrrole nitrogens is 1. The number of aliphatic carboxylic acids is 1. The predicted octanol–water partition coefficient (Wildman–Crippen LogP) is 0.174. The molecule has 1 aliphatic heterocycles. The first kappa shape index (κ1) is 12.6. The Labute approximate surface area is 104 Å². The first-order valence-electron chi connectivity index (χ1n) is 5.77. The van der Waals surface area contributed by atoms with Crippen LogP contribution in [0.2, 0.25) is 0 Å². The first-order valence-corrected chi connectivity index (χ1v) is 5.77. The van der Waals surface area contributed by atoms with Gasteiger partial charge in [0.1, 0.15) is 0 Å². The molecule has 7 heteroatoms. The molecular formula is C11H15N3O4. The molecule has 0 radical (unpaired) electrons. The highest BCUT2D eigenvalue weighted by Crippen LogP contribution is 2.23. The molecule has 1 aliphatic rings. The third kappa shape index (κ3) is 2.86. The summed E-state index contributed by atoms with van der Waals surface area (Å²) in [6, 6.07) is 1.58. The van der Waals surface area contributed by atoms with Gasteiger partial charge < -0.3 is 14.7 Å². The van der Waals surface area contributed by atoms with Crippen LogP contribution in [-0.4, -0.2) is 51.8 Å². The summed E-state index contributed by atoms with van der Waals surface area (Å²) in [5.74, 6) is -1.13. The minimum Gasteiger partial charge on any atom is -0.481 e. The number of aromatic amines is 1. The maximum atomic E-state index is 12.0. The molecule has 0 aromatic carbocycles. The summed E-state index contributed by atoms with van der Waals surface area (Å²) >= 11 is 0. The van der Waals surface area contributed by atoms with Crippen LogP contribution in [0.1, 0.15) is 24.6 Å². The smallest absolute Gasteiger partial charge is 0.303 e. The fourth-order valence-electron chi connectivity index (χ4n) is 1.97. The number of hydrogen-bond acceptors (Lipinski definition) is 4. The van der Waals surface area contributed by atoms with Gasteiger partial charge >= 0.3 is 5.97 Å². The lowest BCUT2D eigenvalue weighted by Gasteiger charge is -2.34. The normalized spacial score (nSPS) is 19.8. The molecule has 0 saturated carbocycles. The number of morpholine rings is 1. The van der Waals surface area contributed by atoms with Gasteiger partial charge in [-0.15, -0.1) is 0 Å². The first-order chi connectivity index (χ1) is 8.68. The second-order valence-electron chi connectivity index (χ2n) is 4.08. The van der Waals surface area contributed by atoms with Crippen molar-refractivity contribution in [3.63, 3.8) is 0 Å². The van der Waals surface area contributed by atoms with Crippen molar-refractivity contribution in [2.75, 3.05) is 19.8 Å². The lowest BCUT2D eigenvalue weighted by molar-refractivity contribution is -0.145. The molecule has 98 valence electrons. The maximum absolute atomic E-state index is 12.0. The zero-order valence-electron chi connectivity index (χ0n) is 9.83. The van der Waals surface area contributed by atoms with Gasteiger partial charge in [-0.25, -0.2) is 0 Å². The molecule has 2 N–H and O–H groups in total. The van der Waals surface area contributed by atoms with E-state index in [-0.39, 0.29) is 24.8 Å². The Kier molecular flexibility index (Phi) is 3.93. The van der Waals surface area contributed by atoms with Gasteiger partial charge in [-0.3, -0.25) is 14.7 Å². The minimum atomic E-state index is -0.963. The summed E-state index contributed by atoms with van der Waals surface area (Å²) in [6.45, 7) is 1.35. The molecule has 1 aromatic heterocycles. The highest BCUT2D eigenvalue weighted by Gasteiger charge is 2.29. The average Bonchev–Trinajstić information content (AvgIpc) is 2.89. The summed E-state index contributed by atoms with van der Waals surface area (Å²) in [4.78, 5) is 24.1. The van der Waals surface area contributed by atoms with Gasteiger partial charge in [-0.1, -0.05) is 0 Å². The fraction of sp³-hybridized carbons (Fsp3) is 0.545. The highest BCUT2D eigenvalue weighted by molar-refractivity contribution is 5.81. The summed E-state index contributed by atoms with van der Waals surface area (Å²) in [5, 5.41) is 15.3. The van der Waals surface area contributed by atoms with Crippen molar-refractivity contribution in [3.8, 4) is 0 Å². The zero-order chi connectivity index (χ0) is 13.0. The number of amides is 1. The van der Waals surface area contributed by atoms with E-state index in [2.05, 4.69) is 10.2 Å². The number of carboxylic acids is 1. The van der Waals surface area contributed by atoms with E-state index in [0.717, 1.165) is 5.69 Å². The number of aromatic nitrogens is 2. The van der Waals surface area contributed by atoms with Crippen LogP contribution in [-0.2, 0) is 14.3 Å². The zero-order valence-corrected chi connectivity index (χ0v) is 9.83. The Morgan fingerprint density at radius 2 is 2.39 bits per heavy atom. The van der Waals surface area contributed by atoms with Crippen molar-refractivity contribution in [2.24, 2.45) is 0 Å².